The fraction of sp³-hybridized carbons (Fsp3) is 0.538. The second-order valence-electron chi connectivity index (χ2n) is 4.13. The van der Waals surface area contributed by atoms with Crippen molar-refractivity contribution in [3.05, 3.63) is 29.8 Å². The highest BCUT2D eigenvalue weighted by molar-refractivity contribution is 7.91. The van der Waals surface area contributed by atoms with E-state index in [0.29, 0.717) is 18.0 Å². The van der Waals surface area contributed by atoms with Crippen molar-refractivity contribution >= 4 is 9.84 Å². The Bertz CT molecular complexity index is 440. The van der Waals surface area contributed by atoms with Gasteiger partial charge in [-0.15, -0.1) is 0 Å². The lowest BCUT2D eigenvalue weighted by atomic mass is 10.2. The van der Waals surface area contributed by atoms with Crippen LogP contribution < -0.4 is 5.73 Å². The Morgan fingerprint density at radius 1 is 1.17 bits per heavy atom. The average molecular weight is 271 g/mol. The van der Waals surface area contributed by atoms with Crippen LogP contribution in [0, 0.1) is 0 Å². The molecule has 0 aliphatic heterocycles. The molecule has 1 rings (SSSR count). The Morgan fingerprint density at radius 3 is 2.39 bits per heavy atom. The van der Waals surface area contributed by atoms with Crippen molar-refractivity contribution in [2.45, 2.75) is 31.2 Å². The molecule has 0 aromatic heterocycles. The number of nitrogens with two attached hydrogens (primary N) is 1. The molecule has 0 saturated heterocycles. The molecule has 4 nitrogen and oxygen atoms in total. The summed E-state index contributed by atoms with van der Waals surface area (Å²) in [6, 6.07) is 6.68. The number of rotatable bonds is 8. The Morgan fingerprint density at radius 2 is 1.83 bits per heavy atom. The van der Waals surface area contributed by atoms with Crippen LogP contribution in [0.4, 0.5) is 0 Å². The first-order valence-corrected chi connectivity index (χ1v) is 7.85. The highest BCUT2D eigenvalue weighted by Crippen LogP contribution is 2.12. The van der Waals surface area contributed by atoms with Gasteiger partial charge in [-0.3, -0.25) is 0 Å². The van der Waals surface area contributed by atoms with Gasteiger partial charge in [0.15, 0.2) is 9.84 Å². The lowest BCUT2D eigenvalue weighted by molar-refractivity contribution is 0.146. The van der Waals surface area contributed by atoms with E-state index in [-0.39, 0.29) is 12.4 Å². The van der Waals surface area contributed by atoms with E-state index in [2.05, 4.69) is 6.92 Å². The van der Waals surface area contributed by atoms with Crippen LogP contribution in [-0.2, 0) is 21.1 Å². The molecule has 0 amide bonds. The van der Waals surface area contributed by atoms with Gasteiger partial charge < -0.3 is 10.5 Å². The number of hydrogen-bond acceptors (Lipinski definition) is 4. The molecule has 0 fully saturated rings. The molecule has 0 aliphatic carbocycles. The molecule has 0 aliphatic rings. The van der Waals surface area contributed by atoms with Gasteiger partial charge in [0, 0.05) is 13.2 Å². The van der Waals surface area contributed by atoms with Gasteiger partial charge in [0.25, 0.3) is 0 Å². The van der Waals surface area contributed by atoms with Gasteiger partial charge >= 0.3 is 0 Å². The quantitative estimate of drug-likeness (QED) is 0.731. The van der Waals surface area contributed by atoms with Gasteiger partial charge in [-0.2, -0.15) is 0 Å². The van der Waals surface area contributed by atoms with Crippen LogP contribution >= 0.6 is 0 Å². The summed E-state index contributed by atoms with van der Waals surface area (Å²) < 4.78 is 29.2. The van der Waals surface area contributed by atoms with Crippen molar-refractivity contribution in [1.82, 2.24) is 0 Å². The molecule has 18 heavy (non-hydrogen) atoms. The lowest BCUT2D eigenvalue weighted by Crippen LogP contribution is -2.13. The third-order valence-corrected chi connectivity index (χ3v) is 4.35. The minimum absolute atomic E-state index is 0.0265. The third kappa shape index (κ3) is 4.76. The molecule has 0 radical (unpaired) electrons. The van der Waals surface area contributed by atoms with E-state index in [1.54, 1.807) is 24.3 Å². The molecule has 1 aromatic rings. The summed E-state index contributed by atoms with van der Waals surface area (Å²) in [5, 5.41) is 0. The van der Waals surface area contributed by atoms with Gasteiger partial charge in [-0.05, 0) is 24.1 Å². The molecule has 0 atom stereocenters. The van der Waals surface area contributed by atoms with Crippen molar-refractivity contribution in [2.75, 3.05) is 19.0 Å². The first-order chi connectivity index (χ1) is 8.60. The first kappa shape index (κ1) is 15.1. The van der Waals surface area contributed by atoms with E-state index in [0.717, 1.165) is 18.4 Å². The Balaban J connectivity index is 2.51. The zero-order valence-corrected chi connectivity index (χ0v) is 11.6. The molecular weight excluding hydrogens is 250 g/mol. The van der Waals surface area contributed by atoms with Crippen LogP contribution in [-0.4, -0.2) is 27.4 Å². The Hall–Kier alpha value is -0.910. The number of hydrogen-bond donors (Lipinski definition) is 1. The molecule has 0 unspecified atom stereocenters. The number of sulfone groups is 1. The minimum Gasteiger partial charge on any atom is -0.380 e. The second-order valence-corrected chi connectivity index (χ2v) is 6.24. The summed E-state index contributed by atoms with van der Waals surface area (Å²) in [4.78, 5) is 0.332. The van der Waals surface area contributed by atoms with Crippen molar-refractivity contribution in [3.8, 4) is 0 Å². The topological polar surface area (TPSA) is 69.4 Å². The van der Waals surface area contributed by atoms with Gasteiger partial charge in [-0.1, -0.05) is 25.5 Å². The average Bonchev–Trinajstić information content (AvgIpc) is 2.38. The van der Waals surface area contributed by atoms with Gasteiger partial charge in [0.2, 0.25) is 0 Å². The van der Waals surface area contributed by atoms with Crippen molar-refractivity contribution in [1.29, 1.82) is 0 Å². The molecule has 0 spiro atoms. The summed E-state index contributed by atoms with van der Waals surface area (Å²) in [5.74, 6) is 0.0265. The van der Waals surface area contributed by atoms with Gasteiger partial charge in [0.05, 0.1) is 17.3 Å². The van der Waals surface area contributed by atoms with Crippen LogP contribution in [0.2, 0.25) is 0 Å². The molecule has 5 heteroatoms. The Labute approximate surface area is 109 Å². The number of ether oxygens (including phenoxy) is 1. The predicted octanol–water partition coefficient (Wildman–Crippen LogP) is 1.74. The largest absolute Gasteiger partial charge is 0.380 e. The van der Waals surface area contributed by atoms with E-state index in [9.17, 15) is 8.42 Å². The molecule has 102 valence electrons. The van der Waals surface area contributed by atoms with Crippen LogP contribution in [0.5, 0.6) is 0 Å². The van der Waals surface area contributed by atoms with Crippen LogP contribution in [0.25, 0.3) is 0 Å². The summed E-state index contributed by atoms with van der Waals surface area (Å²) in [5.41, 5.74) is 6.39. The minimum atomic E-state index is -3.24. The second kappa shape index (κ2) is 7.51. The molecule has 0 bridgehead atoms. The van der Waals surface area contributed by atoms with E-state index in [4.69, 9.17) is 10.5 Å². The maximum absolute atomic E-state index is 12.0. The number of benzene rings is 1. The SMILES string of the molecule is CCCCOCCS(=O)(=O)c1ccc(CN)cc1. The maximum atomic E-state index is 12.0. The fourth-order valence-corrected chi connectivity index (χ4v) is 2.59. The van der Waals surface area contributed by atoms with E-state index in [1.807, 2.05) is 0 Å². The Kier molecular flexibility index (Phi) is 6.32. The molecular formula is C13H21NO3S. The van der Waals surface area contributed by atoms with Crippen LogP contribution in [0.1, 0.15) is 25.3 Å². The monoisotopic (exact) mass is 271 g/mol. The normalized spacial score (nSPS) is 11.7. The molecule has 0 saturated carbocycles. The first-order valence-electron chi connectivity index (χ1n) is 6.19. The smallest absolute Gasteiger partial charge is 0.180 e. The number of unbranched alkanes of at least 4 members (excludes halogenated alkanes) is 1. The van der Waals surface area contributed by atoms with E-state index < -0.39 is 9.84 Å². The summed E-state index contributed by atoms with van der Waals surface area (Å²) in [6.45, 7) is 3.36. The zero-order valence-electron chi connectivity index (χ0n) is 10.8. The van der Waals surface area contributed by atoms with Crippen LogP contribution in [0.3, 0.4) is 0 Å². The standard InChI is InChI=1S/C13H21NO3S/c1-2-3-8-17-9-10-18(15,16)13-6-4-12(11-14)5-7-13/h4-7H,2-3,8-11,14H2,1H3. The summed E-state index contributed by atoms with van der Waals surface area (Å²) >= 11 is 0. The van der Waals surface area contributed by atoms with Crippen LogP contribution in [0.15, 0.2) is 29.2 Å². The van der Waals surface area contributed by atoms with Crippen molar-refractivity contribution in [3.63, 3.8) is 0 Å². The fourth-order valence-electron chi connectivity index (χ4n) is 1.47. The molecule has 2 N–H and O–H groups in total. The third-order valence-electron chi connectivity index (χ3n) is 2.66. The van der Waals surface area contributed by atoms with Crippen molar-refractivity contribution in [2.24, 2.45) is 5.73 Å². The molecule has 1 aromatic carbocycles. The lowest BCUT2D eigenvalue weighted by Gasteiger charge is -2.06. The predicted molar refractivity (Wildman–Crippen MR) is 72.1 cm³/mol. The highest BCUT2D eigenvalue weighted by Gasteiger charge is 2.13. The van der Waals surface area contributed by atoms with Gasteiger partial charge in [-0.25, -0.2) is 8.42 Å². The zero-order chi connectivity index (χ0) is 13.4. The summed E-state index contributed by atoms with van der Waals surface area (Å²) in [6.07, 6.45) is 2.01. The van der Waals surface area contributed by atoms with E-state index in [1.165, 1.54) is 0 Å². The van der Waals surface area contributed by atoms with Gasteiger partial charge in [0.1, 0.15) is 0 Å². The molecule has 0 heterocycles. The maximum Gasteiger partial charge on any atom is 0.180 e. The summed E-state index contributed by atoms with van der Waals surface area (Å²) in [7, 11) is -3.24. The van der Waals surface area contributed by atoms with Crippen molar-refractivity contribution < 1.29 is 13.2 Å². The van der Waals surface area contributed by atoms with E-state index >= 15 is 0 Å². The highest BCUT2D eigenvalue weighted by atomic mass is 32.2.